The molecule has 2 amide bonds. The molecule has 1 heterocycles. The highest BCUT2D eigenvalue weighted by molar-refractivity contribution is 5.87. The fourth-order valence-electron chi connectivity index (χ4n) is 4.14. The van der Waals surface area contributed by atoms with Crippen molar-refractivity contribution in [1.29, 1.82) is 0 Å². The number of amides is 2. The third-order valence-corrected chi connectivity index (χ3v) is 5.73. The number of ether oxygens (including phenoxy) is 1. The van der Waals surface area contributed by atoms with E-state index in [1.807, 2.05) is 24.3 Å². The van der Waals surface area contributed by atoms with Gasteiger partial charge in [-0.15, -0.1) is 0 Å². The number of carboxylic acids is 1. The smallest absolute Gasteiger partial charge is 0.407 e. The van der Waals surface area contributed by atoms with Gasteiger partial charge in [-0.25, -0.2) is 9.59 Å². The topological polar surface area (TPSA) is 118 Å². The number of benzene rings is 2. The molecule has 1 aliphatic carbocycles. The fraction of sp³-hybridized carbons (Fsp3) is 0.231. The molecule has 2 aromatic carbocycles. The summed E-state index contributed by atoms with van der Waals surface area (Å²) in [7, 11) is 0. The molecule has 3 N–H and O–H groups in total. The van der Waals surface area contributed by atoms with Crippen LogP contribution in [0.1, 0.15) is 46.4 Å². The largest absolute Gasteiger partial charge is 0.478 e. The van der Waals surface area contributed by atoms with Gasteiger partial charge in [-0.1, -0.05) is 48.5 Å². The summed E-state index contributed by atoms with van der Waals surface area (Å²) in [5.74, 6) is -1.39. The molecule has 0 bridgehead atoms. The molecule has 0 spiro atoms. The van der Waals surface area contributed by atoms with Gasteiger partial charge in [0.25, 0.3) is 0 Å². The van der Waals surface area contributed by atoms with Crippen molar-refractivity contribution in [1.82, 2.24) is 15.6 Å². The van der Waals surface area contributed by atoms with Crippen LogP contribution in [0.3, 0.4) is 0 Å². The molecule has 1 atom stereocenters. The zero-order valence-electron chi connectivity index (χ0n) is 18.7. The van der Waals surface area contributed by atoms with E-state index in [0.29, 0.717) is 5.69 Å². The summed E-state index contributed by atoms with van der Waals surface area (Å²) in [5, 5.41) is 14.4. The van der Waals surface area contributed by atoms with Crippen LogP contribution in [0.2, 0.25) is 0 Å². The molecular weight excluding hydrogens is 434 g/mol. The SMILES string of the molecule is CC(CC(=O)NCc1cc(C(=O)O)ccn1)NC(=O)OCC1c2ccccc2-c2ccccc21. The number of aromatic carboxylic acids is 1. The predicted octanol–water partition coefficient (Wildman–Crippen LogP) is 3.71. The highest BCUT2D eigenvalue weighted by Crippen LogP contribution is 2.44. The van der Waals surface area contributed by atoms with Crippen LogP contribution >= 0.6 is 0 Å². The number of carbonyl (C=O) groups excluding carboxylic acids is 2. The van der Waals surface area contributed by atoms with Gasteiger partial charge in [0.05, 0.1) is 17.8 Å². The first-order valence-corrected chi connectivity index (χ1v) is 11.0. The first-order valence-electron chi connectivity index (χ1n) is 11.0. The predicted molar refractivity (Wildman–Crippen MR) is 125 cm³/mol. The Bertz CT molecular complexity index is 1180. The van der Waals surface area contributed by atoms with Crippen LogP contribution in [0, 0.1) is 0 Å². The number of alkyl carbamates (subject to hydrolysis) is 1. The van der Waals surface area contributed by atoms with E-state index in [2.05, 4.69) is 39.9 Å². The molecule has 0 saturated carbocycles. The van der Waals surface area contributed by atoms with Gasteiger partial charge in [-0.2, -0.15) is 0 Å². The van der Waals surface area contributed by atoms with Gasteiger partial charge >= 0.3 is 12.1 Å². The van der Waals surface area contributed by atoms with Crippen LogP contribution in [0.25, 0.3) is 11.1 Å². The number of carbonyl (C=O) groups is 3. The Morgan fingerprint density at radius 3 is 2.32 bits per heavy atom. The lowest BCUT2D eigenvalue weighted by atomic mass is 9.98. The van der Waals surface area contributed by atoms with Gasteiger partial charge in [0.2, 0.25) is 5.91 Å². The molecule has 3 aromatic rings. The van der Waals surface area contributed by atoms with Crippen LogP contribution in [0.4, 0.5) is 4.79 Å². The van der Waals surface area contributed by atoms with E-state index in [4.69, 9.17) is 9.84 Å². The fourth-order valence-corrected chi connectivity index (χ4v) is 4.14. The quantitative estimate of drug-likeness (QED) is 0.473. The highest BCUT2D eigenvalue weighted by atomic mass is 16.5. The number of nitrogens with one attached hydrogen (secondary N) is 2. The Hall–Kier alpha value is -4.20. The van der Waals surface area contributed by atoms with Gasteiger partial charge < -0.3 is 20.5 Å². The van der Waals surface area contributed by atoms with E-state index in [1.54, 1.807) is 6.92 Å². The first-order chi connectivity index (χ1) is 16.4. The molecule has 8 heteroatoms. The number of aromatic nitrogens is 1. The molecular formula is C26H25N3O5. The van der Waals surface area contributed by atoms with Gasteiger partial charge in [0.1, 0.15) is 6.61 Å². The maximum atomic E-state index is 12.4. The average Bonchev–Trinajstić information content (AvgIpc) is 3.15. The lowest BCUT2D eigenvalue weighted by molar-refractivity contribution is -0.121. The van der Waals surface area contributed by atoms with E-state index in [1.165, 1.54) is 18.3 Å². The molecule has 0 radical (unpaired) electrons. The van der Waals surface area contributed by atoms with Crippen molar-refractivity contribution in [3.05, 3.63) is 89.2 Å². The third-order valence-electron chi connectivity index (χ3n) is 5.73. The number of pyridine rings is 1. The number of rotatable bonds is 8. The zero-order chi connectivity index (χ0) is 24.1. The number of nitrogens with zero attached hydrogens (tertiary/aromatic N) is 1. The minimum atomic E-state index is -1.06. The van der Waals surface area contributed by atoms with Crippen molar-refractivity contribution in [3.63, 3.8) is 0 Å². The summed E-state index contributed by atoms with van der Waals surface area (Å²) in [6.45, 7) is 2.01. The van der Waals surface area contributed by atoms with E-state index >= 15 is 0 Å². The monoisotopic (exact) mass is 459 g/mol. The second-order valence-electron chi connectivity index (χ2n) is 8.19. The lowest BCUT2D eigenvalue weighted by Gasteiger charge is -2.17. The molecule has 8 nitrogen and oxygen atoms in total. The van der Waals surface area contributed by atoms with Crippen molar-refractivity contribution in [2.75, 3.05) is 6.61 Å². The minimum absolute atomic E-state index is 0.0363. The van der Waals surface area contributed by atoms with Gasteiger partial charge in [0, 0.05) is 24.6 Å². The summed E-state index contributed by atoms with van der Waals surface area (Å²) in [5.41, 5.74) is 5.10. The second-order valence-corrected chi connectivity index (χ2v) is 8.19. The lowest BCUT2D eigenvalue weighted by Crippen LogP contribution is -2.38. The Morgan fingerprint density at radius 1 is 1.03 bits per heavy atom. The molecule has 0 fully saturated rings. The molecule has 0 saturated heterocycles. The van der Waals surface area contributed by atoms with Crippen molar-refractivity contribution >= 4 is 18.0 Å². The molecule has 34 heavy (non-hydrogen) atoms. The number of hydrogen-bond acceptors (Lipinski definition) is 5. The summed E-state index contributed by atoms with van der Waals surface area (Å²) < 4.78 is 5.51. The normalized spacial score (nSPS) is 12.9. The number of hydrogen-bond donors (Lipinski definition) is 3. The Morgan fingerprint density at radius 2 is 1.68 bits per heavy atom. The van der Waals surface area contributed by atoms with Crippen molar-refractivity contribution in [2.24, 2.45) is 0 Å². The van der Waals surface area contributed by atoms with Crippen molar-refractivity contribution in [3.8, 4) is 11.1 Å². The number of fused-ring (bicyclic) bond motifs is 3. The van der Waals surface area contributed by atoms with E-state index < -0.39 is 18.1 Å². The maximum absolute atomic E-state index is 12.4. The van der Waals surface area contributed by atoms with Crippen LogP contribution in [-0.2, 0) is 16.1 Å². The average molecular weight is 460 g/mol. The Labute approximate surface area is 197 Å². The maximum Gasteiger partial charge on any atom is 0.407 e. The minimum Gasteiger partial charge on any atom is -0.478 e. The summed E-state index contributed by atoms with van der Waals surface area (Å²) in [6, 6.07) is 18.5. The van der Waals surface area contributed by atoms with Gasteiger partial charge in [-0.3, -0.25) is 9.78 Å². The van der Waals surface area contributed by atoms with Crippen LogP contribution in [-0.4, -0.2) is 40.7 Å². The van der Waals surface area contributed by atoms with Crippen molar-refractivity contribution in [2.45, 2.75) is 31.8 Å². The first kappa shape index (κ1) is 23.0. The van der Waals surface area contributed by atoms with E-state index in [-0.39, 0.29) is 37.0 Å². The Kier molecular flexibility index (Phi) is 6.87. The van der Waals surface area contributed by atoms with Crippen LogP contribution in [0.5, 0.6) is 0 Å². The molecule has 0 aliphatic heterocycles. The molecule has 1 aliphatic rings. The van der Waals surface area contributed by atoms with Crippen LogP contribution < -0.4 is 10.6 Å². The standard InChI is InChI=1S/C26H25N3O5/c1-16(12-24(30)28-14-18-13-17(25(31)32)10-11-27-18)29-26(33)34-15-23-21-8-4-2-6-19(21)20-7-3-5-9-22(20)23/h2-11,13,16,23H,12,14-15H2,1H3,(H,28,30)(H,29,33)(H,31,32). The van der Waals surface area contributed by atoms with Gasteiger partial charge in [-0.05, 0) is 41.3 Å². The highest BCUT2D eigenvalue weighted by Gasteiger charge is 2.29. The zero-order valence-corrected chi connectivity index (χ0v) is 18.7. The van der Waals surface area contributed by atoms with Gasteiger partial charge in [0.15, 0.2) is 0 Å². The second kappa shape index (κ2) is 10.2. The van der Waals surface area contributed by atoms with E-state index in [0.717, 1.165) is 22.3 Å². The Balaban J connectivity index is 1.26. The molecule has 174 valence electrons. The molecule has 1 unspecified atom stereocenters. The molecule has 4 rings (SSSR count). The summed E-state index contributed by atoms with van der Waals surface area (Å²) in [4.78, 5) is 39.7. The van der Waals surface area contributed by atoms with Crippen molar-refractivity contribution < 1.29 is 24.2 Å². The summed E-state index contributed by atoms with van der Waals surface area (Å²) in [6.07, 6.45) is 0.840. The van der Waals surface area contributed by atoms with Crippen LogP contribution in [0.15, 0.2) is 66.9 Å². The van der Waals surface area contributed by atoms with E-state index in [9.17, 15) is 14.4 Å². The summed E-state index contributed by atoms with van der Waals surface area (Å²) >= 11 is 0. The third kappa shape index (κ3) is 5.23. The number of carboxylic acid groups (broad SMARTS) is 1. The molecule has 1 aromatic heterocycles.